The Balaban J connectivity index is 1.08. The Kier molecular flexibility index (Phi) is 6.82. The Hall–Kier alpha value is -7.30. The molecule has 0 atom stereocenters. The molecule has 11 rings (SSSR count). The fraction of sp³-hybridized carbons (Fsp3) is 0. The fourth-order valence-electron chi connectivity index (χ4n) is 8.14. The molecule has 0 aliphatic heterocycles. The van der Waals surface area contributed by atoms with Crippen LogP contribution in [0.2, 0.25) is 0 Å². The molecule has 0 bridgehead atoms. The van der Waals surface area contributed by atoms with Crippen molar-refractivity contribution in [3.8, 4) is 50.6 Å². The van der Waals surface area contributed by atoms with Crippen molar-refractivity contribution in [2.24, 2.45) is 0 Å². The highest BCUT2D eigenvalue weighted by Gasteiger charge is 2.21. The normalized spacial score (nSPS) is 11.7. The lowest BCUT2D eigenvalue weighted by Gasteiger charge is -2.14. The van der Waals surface area contributed by atoms with E-state index in [1.54, 1.807) is 0 Å². The van der Waals surface area contributed by atoms with Gasteiger partial charge in [0.2, 0.25) is 5.95 Å². The Morgan fingerprint density at radius 2 is 0.981 bits per heavy atom. The van der Waals surface area contributed by atoms with Gasteiger partial charge in [-0.2, -0.15) is 0 Å². The van der Waals surface area contributed by atoms with E-state index in [1.165, 1.54) is 49.4 Å². The maximum Gasteiger partial charge on any atom is 0.236 e. The zero-order valence-electron chi connectivity index (χ0n) is 29.1. The standard InChI is InChI=1S/C50H31N3O/c1-2-13-32(14-3-1)36-17-10-18-37(31-36)39-23-12-16-34-15-11-22-38(46(34)39)33-27-29-35(30-28-33)47-49-48(42-21-6-9-26-45(42)54-49)52-50(51-47)53-43-24-7-4-19-40(43)41-20-5-8-25-44(41)53/h1-31H. The van der Waals surface area contributed by atoms with Crippen molar-refractivity contribution < 1.29 is 4.42 Å². The molecule has 11 aromatic rings. The van der Waals surface area contributed by atoms with E-state index < -0.39 is 0 Å². The molecule has 54 heavy (non-hydrogen) atoms. The Bertz CT molecular complexity index is 3150. The number of aromatic nitrogens is 3. The van der Waals surface area contributed by atoms with Crippen molar-refractivity contribution >= 4 is 54.6 Å². The van der Waals surface area contributed by atoms with Gasteiger partial charge in [-0.15, -0.1) is 0 Å². The van der Waals surface area contributed by atoms with Crippen LogP contribution in [-0.2, 0) is 0 Å². The van der Waals surface area contributed by atoms with Gasteiger partial charge in [-0.3, -0.25) is 4.57 Å². The van der Waals surface area contributed by atoms with Gasteiger partial charge >= 0.3 is 0 Å². The SMILES string of the molecule is c1ccc(-c2cccc(-c3cccc4cccc(-c5ccc(-c6nc(-n7c8ccccc8c8ccccc87)nc7c6oc6ccccc67)cc5)c34)c2)cc1. The second-order valence-corrected chi connectivity index (χ2v) is 13.8. The Morgan fingerprint density at radius 1 is 0.407 bits per heavy atom. The van der Waals surface area contributed by atoms with E-state index in [1.807, 2.05) is 18.2 Å². The first kappa shape index (κ1) is 30.3. The number of benzene rings is 8. The van der Waals surface area contributed by atoms with Crippen molar-refractivity contribution in [1.82, 2.24) is 14.5 Å². The van der Waals surface area contributed by atoms with Crippen LogP contribution in [0.4, 0.5) is 0 Å². The van der Waals surface area contributed by atoms with Crippen molar-refractivity contribution in [2.75, 3.05) is 0 Å². The number of hydrogen-bond donors (Lipinski definition) is 0. The molecule has 0 radical (unpaired) electrons. The third-order valence-electron chi connectivity index (χ3n) is 10.6. The first-order chi connectivity index (χ1) is 26.8. The summed E-state index contributed by atoms with van der Waals surface area (Å²) < 4.78 is 8.70. The quantitative estimate of drug-likeness (QED) is 0.181. The van der Waals surface area contributed by atoms with Gasteiger partial charge in [0, 0.05) is 21.7 Å². The monoisotopic (exact) mass is 689 g/mol. The molecule has 0 aliphatic carbocycles. The van der Waals surface area contributed by atoms with Crippen molar-refractivity contribution in [3.05, 3.63) is 188 Å². The first-order valence-corrected chi connectivity index (χ1v) is 18.2. The molecule has 0 N–H and O–H groups in total. The largest absolute Gasteiger partial charge is 0.452 e. The van der Waals surface area contributed by atoms with Gasteiger partial charge in [0.1, 0.15) is 16.8 Å². The Labute approximate surface area is 311 Å². The molecule has 0 unspecified atom stereocenters. The third kappa shape index (κ3) is 4.78. The molecule has 8 aromatic carbocycles. The van der Waals surface area contributed by atoms with Crippen LogP contribution in [0, 0.1) is 0 Å². The van der Waals surface area contributed by atoms with Crippen molar-refractivity contribution in [1.29, 1.82) is 0 Å². The summed E-state index contributed by atoms with van der Waals surface area (Å²) in [5, 5.41) is 5.74. The van der Waals surface area contributed by atoms with E-state index in [2.05, 4.69) is 174 Å². The average molecular weight is 690 g/mol. The predicted molar refractivity (Wildman–Crippen MR) is 223 cm³/mol. The van der Waals surface area contributed by atoms with Crippen LogP contribution < -0.4 is 0 Å². The predicted octanol–water partition coefficient (Wildman–Crippen LogP) is 13.3. The minimum Gasteiger partial charge on any atom is -0.452 e. The number of rotatable bonds is 5. The first-order valence-electron chi connectivity index (χ1n) is 18.2. The second kappa shape index (κ2) is 12.1. The van der Waals surface area contributed by atoms with Crippen molar-refractivity contribution in [2.45, 2.75) is 0 Å². The summed E-state index contributed by atoms with van der Waals surface area (Å²) in [7, 11) is 0. The molecule has 3 heterocycles. The van der Waals surface area contributed by atoms with Crippen LogP contribution in [0.25, 0.3) is 105 Å². The number of fused-ring (bicyclic) bond motifs is 7. The Morgan fingerprint density at radius 3 is 1.72 bits per heavy atom. The minimum absolute atomic E-state index is 0.613. The van der Waals surface area contributed by atoms with E-state index in [4.69, 9.17) is 14.4 Å². The molecule has 3 aromatic heterocycles. The summed E-state index contributed by atoms with van der Waals surface area (Å²) in [6.45, 7) is 0. The van der Waals surface area contributed by atoms with Gasteiger partial charge in [-0.25, -0.2) is 9.97 Å². The summed E-state index contributed by atoms with van der Waals surface area (Å²) in [5.41, 5.74) is 13.2. The molecular weight excluding hydrogens is 659 g/mol. The van der Waals surface area contributed by atoms with Gasteiger partial charge in [0.05, 0.1) is 11.0 Å². The van der Waals surface area contributed by atoms with Crippen LogP contribution in [0.15, 0.2) is 192 Å². The number of furan rings is 1. The summed E-state index contributed by atoms with van der Waals surface area (Å²) in [5.74, 6) is 0.613. The van der Waals surface area contributed by atoms with Crippen LogP contribution in [0.5, 0.6) is 0 Å². The summed E-state index contributed by atoms with van der Waals surface area (Å²) >= 11 is 0. The summed E-state index contributed by atoms with van der Waals surface area (Å²) in [6.07, 6.45) is 0. The van der Waals surface area contributed by atoms with Gasteiger partial charge in [-0.05, 0) is 74.5 Å². The van der Waals surface area contributed by atoms with E-state index in [9.17, 15) is 0 Å². The fourth-order valence-corrected chi connectivity index (χ4v) is 8.14. The van der Waals surface area contributed by atoms with E-state index in [0.29, 0.717) is 11.5 Å². The summed E-state index contributed by atoms with van der Waals surface area (Å²) in [4.78, 5) is 10.5. The lowest BCUT2D eigenvalue weighted by atomic mass is 9.90. The zero-order valence-corrected chi connectivity index (χ0v) is 29.1. The molecule has 0 fully saturated rings. The maximum absolute atomic E-state index is 6.53. The summed E-state index contributed by atoms with van der Waals surface area (Å²) in [6, 6.07) is 66.3. The van der Waals surface area contributed by atoms with Gasteiger partial charge in [0.15, 0.2) is 5.58 Å². The molecule has 4 heteroatoms. The van der Waals surface area contributed by atoms with Crippen LogP contribution in [-0.4, -0.2) is 14.5 Å². The van der Waals surface area contributed by atoms with Gasteiger partial charge in [0.25, 0.3) is 0 Å². The molecule has 0 saturated carbocycles. The molecule has 0 amide bonds. The van der Waals surface area contributed by atoms with Crippen molar-refractivity contribution in [3.63, 3.8) is 0 Å². The lowest BCUT2D eigenvalue weighted by molar-refractivity contribution is 0.666. The number of nitrogens with zero attached hydrogens (tertiary/aromatic N) is 3. The number of para-hydroxylation sites is 3. The molecule has 0 saturated heterocycles. The molecule has 0 aliphatic rings. The number of hydrogen-bond acceptors (Lipinski definition) is 3. The maximum atomic E-state index is 6.53. The zero-order chi connectivity index (χ0) is 35.6. The second-order valence-electron chi connectivity index (χ2n) is 13.8. The minimum atomic E-state index is 0.613. The van der Waals surface area contributed by atoms with E-state index in [0.717, 1.165) is 44.3 Å². The molecule has 252 valence electrons. The van der Waals surface area contributed by atoms with Crippen LogP contribution >= 0.6 is 0 Å². The molecule has 4 nitrogen and oxygen atoms in total. The van der Waals surface area contributed by atoms with Gasteiger partial charge < -0.3 is 4.42 Å². The highest BCUT2D eigenvalue weighted by molar-refractivity contribution is 6.11. The highest BCUT2D eigenvalue weighted by Crippen LogP contribution is 2.40. The topological polar surface area (TPSA) is 43.9 Å². The lowest BCUT2D eigenvalue weighted by Crippen LogP contribution is -2.02. The van der Waals surface area contributed by atoms with E-state index in [-0.39, 0.29) is 0 Å². The van der Waals surface area contributed by atoms with Gasteiger partial charge in [-0.1, -0.05) is 158 Å². The molecule has 0 spiro atoms. The van der Waals surface area contributed by atoms with Crippen LogP contribution in [0.3, 0.4) is 0 Å². The molecular formula is C50H31N3O. The third-order valence-corrected chi connectivity index (χ3v) is 10.6. The van der Waals surface area contributed by atoms with Crippen LogP contribution in [0.1, 0.15) is 0 Å². The smallest absolute Gasteiger partial charge is 0.236 e. The highest BCUT2D eigenvalue weighted by atomic mass is 16.3. The average Bonchev–Trinajstić information content (AvgIpc) is 3.79. The van der Waals surface area contributed by atoms with E-state index >= 15 is 0 Å².